The highest BCUT2D eigenvalue weighted by molar-refractivity contribution is 7.99. The lowest BCUT2D eigenvalue weighted by Crippen LogP contribution is -2.37. The molecule has 0 bridgehead atoms. The Morgan fingerprint density at radius 2 is 1.78 bits per heavy atom. The highest BCUT2D eigenvalue weighted by Crippen LogP contribution is 2.42. The van der Waals surface area contributed by atoms with Crippen LogP contribution in [0.3, 0.4) is 0 Å². The number of fused-ring (bicyclic) bond motifs is 2. The first-order valence-electron chi connectivity index (χ1n) is 7.06. The van der Waals surface area contributed by atoms with Gasteiger partial charge in [0.1, 0.15) is 0 Å². The van der Waals surface area contributed by atoms with Crippen molar-refractivity contribution in [2.45, 2.75) is 34.6 Å². The molecule has 1 aliphatic heterocycles. The second-order valence-electron chi connectivity index (χ2n) is 5.54. The molecule has 0 unspecified atom stereocenters. The SMILES string of the molecule is CC(C)N1C(=O)c2ccccc2Sc2cc(S(N)(=O)=O)ccc21. The minimum atomic E-state index is -3.79. The van der Waals surface area contributed by atoms with Gasteiger partial charge in [-0.05, 0) is 44.2 Å². The number of nitrogens with two attached hydrogens (primary N) is 1. The third kappa shape index (κ3) is 2.87. The van der Waals surface area contributed by atoms with Crippen LogP contribution in [0.5, 0.6) is 0 Å². The predicted molar refractivity (Wildman–Crippen MR) is 90.3 cm³/mol. The lowest BCUT2D eigenvalue weighted by molar-refractivity contribution is 0.0977. The van der Waals surface area contributed by atoms with Gasteiger partial charge in [0.25, 0.3) is 5.91 Å². The van der Waals surface area contributed by atoms with Gasteiger partial charge in [0.2, 0.25) is 10.0 Å². The zero-order valence-corrected chi connectivity index (χ0v) is 14.3. The lowest BCUT2D eigenvalue weighted by atomic mass is 10.1. The third-order valence-electron chi connectivity index (χ3n) is 3.59. The Kier molecular flexibility index (Phi) is 3.95. The van der Waals surface area contributed by atoms with Gasteiger partial charge in [0, 0.05) is 15.8 Å². The fraction of sp³-hybridized carbons (Fsp3) is 0.188. The number of rotatable bonds is 2. The zero-order chi connectivity index (χ0) is 16.8. The van der Waals surface area contributed by atoms with E-state index < -0.39 is 10.0 Å². The molecule has 5 nitrogen and oxygen atoms in total. The van der Waals surface area contributed by atoms with Crippen molar-refractivity contribution < 1.29 is 13.2 Å². The van der Waals surface area contributed by atoms with Crippen molar-refractivity contribution in [1.82, 2.24) is 0 Å². The molecule has 7 heteroatoms. The van der Waals surface area contributed by atoms with Crippen LogP contribution in [0.2, 0.25) is 0 Å². The van der Waals surface area contributed by atoms with Crippen LogP contribution in [0.4, 0.5) is 5.69 Å². The number of nitrogens with zero attached hydrogens (tertiary/aromatic N) is 1. The van der Waals surface area contributed by atoms with Crippen LogP contribution in [-0.2, 0) is 10.0 Å². The Bertz CT molecular complexity index is 892. The van der Waals surface area contributed by atoms with Crippen LogP contribution in [0, 0.1) is 0 Å². The number of carbonyl (C=O) groups excluding carboxylic acids is 1. The Morgan fingerprint density at radius 3 is 2.43 bits per heavy atom. The number of hydrogen-bond donors (Lipinski definition) is 1. The van der Waals surface area contributed by atoms with E-state index in [1.165, 1.54) is 23.9 Å². The monoisotopic (exact) mass is 348 g/mol. The van der Waals surface area contributed by atoms with Crippen LogP contribution in [0.25, 0.3) is 0 Å². The number of benzene rings is 2. The highest BCUT2D eigenvalue weighted by Gasteiger charge is 2.29. The van der Waals surface area contributed by atoms with Gasteiger partial charge in [-0.3, -0.25) is 4.79 Å². The quantitative estimate of drug-likeness (QED) is 0.905. The maximum absolute atomic E-state index is 12.9. The van der Waals surface area contributed by atoms with Crippen molar-refractivity contribution in [3.63, 3.8) is 0 Å². The molecular weight excluding hydrogens is 332 g/mol. The molecule has 0 atom stereocenters. The molecule has 3 rings (SSSR count). The van der Waals surface area contributed by atoms with Crippen LogP contribution in [0.15, 0.2) is 57.2 Å². The Hall–Kier alpha value is -1.83. The fourth-order valence-corrected chi connectivity index (χ4v) is 4.27. The van der Waals surface area contributed by atoms with Gasteiger partial charge < -0.3 is 4.90 Å². The molecule has 0 fully saturated rings. The molecule has 0 radical (unpaired) electrons. The summed E-state index contributed by atoms with van der Waals surface area (Å²) >= 11 is 1.38. The molecule has 2 aromatic rings. The average molecular weight is 348 g/mol. The predicted octanol–water partition coefficient (Wildman–Crippen LogP) is 2.85. The number of hydrogen-bond acceptors (Lipinski definition) is 4. The normalized spacial score (nSPS) is 14.4. The standard InChI is InChI=1S/C16H16N2O3S2/c1-10(2)18-13-8-7-11(23(17,20)21)9-15(13)22-14-6-4-3-5-12(14)16(18)19/h3-10H,1-2H3,(H2,17,20,21). The molecule has 0 aromatic heterocycles. The minimum absolute atomic E-state index is 0.0410. The molecule has 1 heterocycles. The van der Waals surface area contributed by atoms with Crippen LogP contribution < -0.4 is 10.0 Å². The van der Waals surface area contributed by atoms with Crippen molar-refractivity contribution in [3.8, 4) is 0 Å². The Morgan fingerprint density at radius 1 is 1.09 bits per heavy atom. The average Bonchev–Trinajstić information content (AvgIpc) is 2.59. The van der Waals surface area contributed by atoms with Crippen LogP contribution >= 0.6 is 11.8 Å². The molecule has 0 aliphatic carbocycles. The second-order valence-corrected chi connectivity index (χ2v) is 8.19. The fourth-order valence-electron chi connectivity index (χ4n) is 2.55. The first-order valence-corrected chi connectivity index (χ1v) is 9.42. The number of primary sulfonamides is 1. The van der Waals surface area contributed by atoms with Gasteiger partial charge in [-0.25, -0.2) is 13.6 Å². The van der Waals surface area contributed by atoms with E-state index in [1.54, 1.807) is 17.0 Å². The van der Waals surface area contributed by atoms with Crippen molar-refractivity contribution in [2.75, 3.05) is 4.90 Å². The highest BCUT2D eigenvalue weighted by atomic mass is 32.2. The first kappa shape index (κ1) is 16.0. The van der Waals surface area contributed by atoms with E-state index in [0.29, 0.717) is 16.1 Å². The van der Waals surface area contributed by atoms with Gasteiger partial charge in [0.05, 0.1) is 16.1 Å². The molecule has 1 amide bonds. The molecule has 0 saturated heterocycles. The molecule has 0 spiro atoms. The summed E-state index contributed by atoms with van der Waals surface area (Å²) < 4.78 is 23.2. The Labute approximate surface area is 139 Å². The Balaban J connectivity index is 2.27. The summed E-state index contributed by atoms with van der Waals surface area (Å²) in [5.41, 5.74) is 1.30. The van der Waals surface area contributed by atoms with Crippen molar-refractivity contribution in [3.05, 3.63) is 48.0 Å². The van der Waals surface area contributed by atoms with Crippen molar-refractivity contribution in [2.24, 2.45) is 5.14 Å². The summed E-state index contributed by atoms with van der Waals surface area (Å²) in [6.07, 6.45) is 0. The van der Waals surface area contributed by atoms with E-state index in [0.717, 1.165) is 4.90 Å². The molecular formula is C16H16N2O3S2. The van der Waals surface area contributed by atoms with E-state index in [2.05, 4.69) is 0 Å². The molecule has 1 aliphatic rings. The summed E-state index contributed by atoms with van der Waals surface area (Å²) in [5, 5.41) is 5.23. The van der Waals surface area contributed by atoms with E-state index in [9.17, 15) is 13.2 Å². The summed E-state index contributed by atoms with van der Waals surface area (Å²) in [4.78, 5) is 16.1. The largest absolute Gasteiger partial charge is 0.305 e. The van der Waals surface area contributed by atoms with Gasteiger partial charge in [-0.2, -0.15) is 0 Å². The molecule has 23 heavy (non-hydrogen) atoms. The van der Waals surface area contributed by atoms with Gasteiger partial charge in [-0.1, -0.05) is 23.9 Å². The summed E-state index contributed by atoms with van der Waals surface area (Å²) in [5.74, 6) is -0.0924. The second kappa shape index (κ2) is 5.67. The van der Waals surface area contributed by atoms with Crippen molar-refractivity contribution >= 4 is 33.4 Å². The van der Waals surface area contributed by atoms with Gasteiger partial charge in [-0.15, -0.1) is 0 Å². The lowest BCUT2D eigenvalue weighted by Gasteiger charge is -2.27. The summed E-state index contributed by atoms with van der Waals surface area (Å²) in [6.45, 7) is 3.85. The van der Waals surface area contributed by atoms with Crippen LogP contribution in [0.1, 0.15) is 24.2 Å². The molecule has 2 N–H and O–H groups in total. The number of sulfonamides is 1. The maximum atomic E-state index is 12.9. The van der Waals surface area contributed by atoms with E-state index >= 15 is 0 Å². The first-order chi connectivity index (χ1) is 10.8. The molecule has 0 saturated carbocycles. The third-order valence-corrected chi connectivity index (χ3v) is 5.63. The topological polar surface area (TPSA) is 80.5 Å². The summed E-state index contributed by atoms with van der Waals surface area (Å²) in [7, 11) is -3.79. The smallest absolute Gasteiger partial charge is 0.259 e. The molecule has 120 valence electrons. The van der Waals surface area contributed by atoms with E-state index in [-0.39, 0.29) is 16.8 Å². The van der Waals surface area contributed by atoms with Gasteiger partial charge >= 0.3 is 0 Å². The minimum Gasteiger partial charge on any atom is -0.305 e. The summed E-state index contributed by atoms with van der Waals surface area (Å²) in [6, 6.07) is 11.9. The zero-order valence-electron chi connectivity index (χ0n) is 12.7. The van der Waals surface area contributed by atoms with Gasteiger partial charge in [0.15, 0.2) is 0 Å². The number of anilines is 1. The number of amides is 1. The van der Waals surface area contributed by atoms with Crippen LogP contribution in [-0.4, -0.2) is 20.4 Å². The van der Waals surface area contributed by atoms with E-state index in [4.69, 9.17) is 5.14 Å². The molecule has 2 aromatic carbocycles. The number of carbonyl (C=O) groups is 1. The van der Waals surface area contributed by atoms with E-state index in [1.807, 2.05) is 32.0 Å². The van der Waals surface area contributed by atoms with Crippen molar-refractivity contribution in [1.29, 1.82) is 0 Å². The maximum Gasteiger partial charge on any atom is 0.259 e.